The van der Waals surface area contributed by atoms with E-state index in [4.69, 9.17) is 0 Å². The smallest absolute Gasteiger partial charge is 0.202 e. The molecule has 0 radical (unpaired) electrons. The van der Waals surface area contributed by atoms with Gasteiger partial charge in [0.1, 0.15) is 0 Å². The number of hydrogen-bond acceptors (Lipinski definition) is 2. The molecule has 0 amide bonds. The highest BCUT2D eigenvalue weighted by atomic mass is 16.3. The maximum Gasteiger partial charge on any atom is 0.202 e. The fourth-order valence-corrected chi connectivity index (χ4v) is 11.0. The standard InChI is InChI=1S/C30H46O2/c1-18(2)19-11-13-27(5)15-16-29(7)20(24(19)27)9-10-23-28(6)17-21(31)25(32)26(3,4)22(28)12-14-30(23,29)8/h17,19-20,22-24,31H,1,9-16H2,2-8H3/t19-,20?,22?,23?,24?,27+,28-,29+,30+/m0/s1. The Morgan fingerprint density at radius 3 is 2.25 bits per heavy atom. The van der Waals surface area contributed by atoms with Crippen LogP contribution in [0.25, 0.3) is 0 Å². The number of hydrogen-bond donors (Lipinski definition) is 1. The normalized spacial score (nSPS) is 54.0. The van der Waals surface area contributed by atoms with Crippen molar-refractivity contribution in [1.29, 1.82) is 0 Å². The van der Waals surface area contributed by atoms with Crippen LogP contribution in [0.15, 0.2) is 24.0 Å². The molecule has 5 aliphatic rings. The van der Waals surface area contributed by atoms with Gasteiger partial charge in [0, 0.05) is 5.41 Å². The van der Waals surface area contributed by atoms with E-state index in [1.165, 1.54) is 50.5 Å². The monoisotopic (exact) mass is 438 g/mol. The summed E-state index contributed by atoms with van der Waals surface area (Å²) in [5.74, 6) is 3.05. The van der Waals surface area contributed by atoms with Crippen molar-refractivity contribution in [3.63, 3.8) is 0 Å². The summed E-state index contributed by atoms with van der Waals surface area (Å²) < 4.78 is 0. The van der Waals surface area contributed by atoms with Gasteiger partial charge in [-0.05, 0) is 116 Å². The molecule has 0 bridgehead atoms. The first kappa shape index (κ1) is 22.7. The first-order valence-corrected chi connectivity index (χ1v) is 13.3. The van der Waals surface area contributed by atoms with E-state index in [1.54, 1.807) is 0 Å². The zero-order valence-electron chi connectivity index (χ0n) is 21.7. The molecule has 0 aliphatic heterocycles. The van der Waals surface area contributed by atoms with Gasteiger partial charge < -0.3 is 5.11 Å². The molecular formula is C30H46O2. The summed E-state index contributed by atoms with van der Waals surface area (Å²) in [7, 11) is 0. The number of ketones is 1. The third-order valence-electron chi connectivity index (χ3n) is 12.8. The molecule has 9 atom stereocenters. The fraction of sp³-hybridized carbons (Fsp3) is 0.833. The van der Waals surface area contributed by atoms with E-state index in [0.717, 1.165) is 18.3 Å². The van der Waals surface area contributed by atoms with Crippen molar-refractivity contribution >= 4 is 5.78 Å². The highest BCUT2D eigenvalue weighted by Crippen LogP contribution is 2.76. The van der Waals surface area contributed by atoms with Crippen molar-refractivity contribution in [3.8, 4) is 0 Å². The molecule has 1 N–H and O–H groups in total. The van der Waals surface area contributed by atoms with Gasteiger partial charge in [0.05, 0.1) is 0 Å². The van der Waals surface area contributed by atoms with Gasteiger partial charge in [-0.1, -0.05) is 53.7 Å². The second-order valence-corrected chi connectivity index (χ2v) is 14.3. The molecule has 0 aromatic rings. The van der Waals surface area contributed by atoms with Crippen LogP contribution < -0.4 is 0 Å². The van der Waals surface area contributed by atoms with Crippen LogP contribution in [0.4, 0.5) is 0 Å². The highest BCUT2D eigenvalue weighted by Gasteiger charge is 2.70. The predicted molar refractivity (Wildman–Crippen MR) is 131 cm³/mol. The van der Waals surface area contributed by atoms with Crippen molar-refractivity contribution in [2.45, 2.75) is 99.8 Å². The quantitative estimate of drug-likeness (QED) is 0.422. The Labute approximate surface area is 196 Å². The maximum atomic E-state index is 12.9. The van der Waals surface area contributed by atoms with E-state index >= 15 is 0 Å². The molecule has 4 fully saturated rings. The van der Waals surface area contributed by atoms with Gasteiger partial charge in [-0.2, -0.15) is 0 Å². The van der Waals surface area contributed by atoms with Crippen LogP contribution in [0.1, 0.15) is 99.8 Å². The Kier molecular flexibility index (Phi) is 4.65. The van der Waals surface area contributed by atoms with Gasteiger partial charge in [-0.25, -0.2) is 0 Å². The average Bonchev–Trinajstić information content (AvgIpc) is 3.05. The lowest BCUT2D eigenvalue weighted by molar-refractivity contribution is -0.217. The number of aliphatic hydroxyl groups excluding tert-OH is 1. The van der Waals surface area contributed by atoms with Crippen molar-refractivity contribution in [3.05, 3.63) is 24.0 Å². The molecule has 0 saturated heterocycles. The lowest BCUT2D eigenvalue weighted by Crippen LogP contribution is -2.65. The minimum atomic E-state index is -0.478. The maximum absolute atomic E-state index is 12.9. The van der Waals surface area contributed by atoms with Crippen LogP contribution in [0, 0.1) is 56.7 Å². The lowest BCUT2D eigenvalue weighted by atomic mass is 9.33. The number of aliphatic hydroxyl groups is 1. The average molecular weight is 439 g/mol. The summed E-state index contributed by atoms with van der Waals surface area (Å²) in [5, 5.41) is 10.7. The summed E-state index contributed by atoms with van der Waals surface area (Å²) in [6, 6.07) is 0. The van der Waals surface area contributed by atoms with Crippen LogP contribution in [-0.2, 0) is 4.79 Å². The Hall–Kier alpha value is -1.05. The van der Waals surface area contributed by atoms with E-state index in [0.29, 0.717) is 28.6 Å². The first-order chi connectivity index (χ1) is 14.7. The molecule has 32 heavy (non-hydrogen) atoms. The largest absolute Gasteiger partial charge is 0.505 e. The van der Waals surface area contributed by atoms with E-state index in [9.17, 15) is 9.90 Å². The Morgan fingerprint density at radius 1 is 0.906 bits per heavy atom. The fourth-order valence-electron chi connectivity index (χ4n) is 11.0. The molecule has 2 nitrogen and oxygen atoms in total. The number of allylic oxidation sites excluding steroid dienone is 3. The van der Waals surface area contributed by atoms with Crippen molar-refractivity contribution in [1.82, 2.24) is 0 Å². The molecule has 4 saturated carbocycles. The Morgan fingerprint density at radius 2 is 1.59 bits per heavy atom. The SMILES string of the molecule is C=C(C)[C@@H]1CC[C@]2(C)CC[C@]3(C)C(CCC4[C@@]5(C)C=C(O)C(=O)C(C)(C)C5CC[C@]43C)C12. The van der Waals surface area contributed by atoms with Gasteiger partial charge >= 0.3 is 0 Å². The predicted octanol–water partition coefficient (Wildman–Crippen LogP) is 7.89. The van der Waals surface area contributed by atoms with Crippen LogP contribution in [0.2, 0.25) is 0 Å². The zero-order chi connectivity index (χ0) is 23.5. The molecule has 178 valence electrons. The first-order valence-electron chi connectivity index (χ1n) is 13.3. The molecular weight excluding hydrogens is 392 g/mol. The Balaban J connectivity index is 1.59. The summed E-state index contributed by atoms with van der Waals surface area (Å²) in [4.78, 5) is 12.9. The van der Waals surface area contributed by atoms with E-state index < -0.39 is 5.41 Å². The van der Waals surface area contributed by atoms with E-state index in [1.807, 2.05) is 6.08 Å². The Bertz CT molecular complexity index is 897. The van der Waals surface area contributed by atoms with Gasteiger partial charge in [0.25, 0.3) is 0 Å². The summed E-state index contributed by atoms with van der Waals surface area (Å²) in [6.45, 7) is 21.1. The van der Waals surface area contributed by atoms with Crippen molar-refractivity contribution < 1.29 is 9.90 Å². The highest BCUT2D eigenvalue weighted by molar-refractivity contribution is 5.98. The molecule has 5 rings (SSSR count). The number of carbonyl (C=O) groups is 1. The summed E-state index contributed by atoms with van der Waals surface area (Å²) in [5.41, 5.74) is 1.88. The molecule has 5 aliphatic carbocycles. The zero-order valence-corrected chi connectivity index (χ0v) is 21.7. The molecule has 0 aromatic carbocycles. The van der Waals surface area contributed by atoms with Crippen LogP contribution in [0.5, 0.6) is 0 Å². The number of rotatable bonds is 1. The summed E-state index contributed by atoms with van der Waals surface area (Å²) in [6.07, 6.45) is 12.2. The second-order valence-electron chi connectivity index (χ2n) is 14.3. The van der Waals surface area contributed by atoms with Crippen molar-refractivity contribution in [2.75, 3.05) is 0 Å². The van der Waals surface area contributed by atoms with E-state index in [-0.39, 0.29) is 22.4 Å². The van der Waals surface area contributed by atoms with Crippen molar-refractivity contribution in [2.24, 2.45) is 56.7 Å². The number of Topliss-reactive ketones (excluding diaryl/α,β-unsaturated/α-hetero) is 1. The van der Waals surface area contributed by atoms with Gasteiger partial charge in [-0.3, -0.25) is 4.79 Å². The van der Waals surface area contributed by atoms with Crippen LogP contribution in [-0.4, -0.2) is 10.9 Å². The topological polar surface area (TPSA) is 37.3 Å². The molecule has 2 heteroatoms. The van der Waals surface area contributed by atoms with Gasteiger partial charge in [0.15, 0.2) is 5.76 Å². The molecule has 0 spiro atoms. The van der Waals surface area contributed by atoms with Crippen LogP contribution in [0.3, 0.4) is 0 Å². The molecule has 0 aromatic heterocycles. The minimum absolute atomic E-state index is 0.0274. The minimum Gasteiger partial charge on any atom is -0.505 e. The third kappa shape index (κ3) is 2.51. The van der Waals surface area contributed by atoms with Gasteiger partial charge in [-0.15, -0.1) is 0 Å². The number of fused-ring (bicyclic) bond motifs is 7. The molecule has 0 heterocycles. The van der Waals surface area contributed by atoms with E-state index in [2.05, 4.69) is 55.0 Å². The molecule has 4 unspecified atom stereocenters. The summed E-state index contributed by atoms with van der Waals surface area (Å²) >= 11 is 0. The lowest BCUT2D eigenvalue weighted by Gasteiger charge is -2.71. The number of carbonyl (C=O) groups excluding carboxylic acids is 1. The van der Waals surface area contributed by atoms with Gasteiger partial charge in [0.2, 0.25) is 5.78 Å². The third-order valence-corrected chi connectivity index (χ3v) is 12.8. The van der Waals surface area contributed by atoms with Crippen LogP contribution >= 0.6 is 0 Å². The second kappa shape index (κ2) is 6.54.